The average Bonchev–Trinajstić information content (AvgIpc) is 2.25. The number of nitrogens with two attached hydrogens (primary N) is 1. The lowest BCUT2D eigenvalue weighted by Gasteiger charge is -2.08. The third kappa shape index (κ3) is 4.07. The highest BCUT2D eigenvalue weighted by atomic mass is 19.4. The topological polar surface area (TPSA) is 50.9 Å². The average molecular weight is 245 g/mol. The predicted molar refractivity (Wildman–Crippen MR) is 61.2 cm³/mol. The van der Waals surface area contributed by atoms with Crippen LogP contribution in [0.1, 0.15) is 17.5 Å². The van der Waals surface area contributed by atoms with Gasteiger partial charge in [0.05, 0.1) is 5.56 Å². The van der Waals surface area contributed by atoms with E-state index in [9.17, 15) is 13.2 Å². The molecule has 0 amide bonds. The molecule has 94 valence electrons. The summed E-state index contributed by atoms with van der Waals surface area (Å²) in [5, 5.41) is 2.93. The molecule has 0 aliphatic carbocycles. The molecule has 1 heterocycles. The number of nitrogen functional groups attached to an aromatic ring is 1. The summed E-state index contributed by atoms with van der Waals surface area (Å²) in [5.41, 5.74) is 5.00. The first-order chi connectivity index (χ1) is 7.95. The predicted octanol–water partition coefficient (Wildman–Crippen LogP) is 2.31. The molecule has 17 heavy (non-hydrogen) atoms. The molecule has 0 aromatic carbocycles. The number of rotatable bonds is 4. The molecule has 0 bridgehead atoms. The van der Waals surface area contributed by atoms with Gasteiger partial charge in [-0.25, -0.2) is 4.98 Å². The van der Waals surface area contributed by atoms with Crippen LogP contribution >= 0.6 is 0 Å². The molecule has 0 fully saturated rings. The Morgan fingerprint density at radius 2 is 2.18 bits per heavy atom. The highest BCUT2D eigenvalue weighted by Gasteiger charge is 2.31. The summed E-state index contributed by atoms with van der Waals surface area (Å²) in [6, 6.07) is 0.998. The maximum atomic E-state index is 12.4. The van der Waals surface area contributed by atoms with Crippen LogP contribution in [0, 0.1) is 0 Å². The number of hydrogen-bond acceptors (Lipinski definition) is 3. The Morgan fingerprint density at radius 1 is 1.47 bits per heavy atom. The van der Waals surface area contributed by atoms with Crippen LogP contribution in [0.5, 0.6) is 0 Å². The molecule has 0 unspecified atom stereocenters. The molecule has 3 nitrogen and oxygen atoms in total. The Balaban J connectivity index is 2.87. The SMILES string of the molecule is CNCCC=Cc1cc(C(F)(F)F)cnc1N. The zero-order chi connectivity index (χ0) is 12.9. The van der Waals surface area contributed by atoms with Crippen molar-refractivity contribution in [2.24, 2.45) is 0 Å². The van der Waals surface area contributed by atoms with Gasteiger partial charge in [-0.3, -0.25) is 0 Å². The van der Waals surface area contributed by atoms with Crippen molar-refractivity contribution in [1.82, 2.24) is 10.3 Å². The highest BCUT2D eigenvalue weighted by molar-refractivity contribution is 5.61. The van der Waals surface area contributed by atoms with Gasteiger partial charge in [-0.05, 0) is 26.1 Å². The standard InChI is InChI=1S/C11H14F3N3/c1-16-5-3-2-4-8-6-9(11(12,13)14)7-17-10(8)15/h2,4,6-7,16H,3,5H2,1H3,(H2,15,17). The van der Waals surface area contributed by atoms with E-state index >= 15 is 0 Å². The minimum Gasteiger partial charge on any atom is -0.383 e. The Hall–Kier alpha value is -1.56. The van der Waals surface area contributed by atoms with Crippen molar-refractivity contribution in [3.8, 4) is 0 Å². The van der Waals surface area contributed by atoms with Gasteiger partial charge in [0.25, 0.3) is 0 Å². The first-order valence-corrected chi connectivity index (χ1v) is 5.09. The van der Waals surface area contributed by atoms with E-state index in [4.69, 9.17) is 5.73 Å². The second kappa shape index (κ2) is 5.67. The number of pyridine rings is 1. The lowest BCUT2D eigenvalue weighted by molar-refractivity contribution is -0.137. The first-order valence-electron chi connectivity index (χ1n) is 5.09. The summed E-state index contributed by atoms with van der Waals surface area (Å²) in [5.74, 6) is 0.0960. The molecule has 0 aliphatic rings. The van der Waals surface area contributed by atoms with Crippen LogP contribution in [0.3, 0.4) is 0 Å². The zero-order valence-corrected chi connectivity index (χ0v) is 9.38. The van der Waals surface area contributed by atoms with Gasteiger partial charge >= 0.3 is 6.18 Å². The van der Waals surface area contributed by atoms with Gasteiger partial charge in [-0.2, -0.15) is 13.2 Å². The van der Waals surface area contributed by atoms with Gasteiger partial charge in [0.1, 0.15) is 5.82 Å². The third-order valence-electron chi connectivity index (χ3n) is 2.14. The summed E-state index contributed by atoms with van der Waals surface area (Å²) in [4.78, 5) is 3.54. The number of nitrogens with one attached hydrogen (secondary N) is 1. The lowest BCUT2D eigenvalue weighted by Crippen LogP contribution is -2.07. The largest absolute Gasteiger partial charge is 0.417 e. The number of anilines is 1. The number of aromatic nitrogens is 1. The van der Waals surface area contributed by atoms with Crippen LogP contribution < -0.4 is 11.1 Å². The minimum atomic E-state index is -4.39. The van der Waals surface area contributed by atoms with Crippen LogP contribution in [0.2, 0.25) is 0 Å². The van der Waals surface area contributed by atoms with Gasteiger partial charge < -0.3 is 11.1 Å². The van der Waals surface area contributed by atoms with Crippen LogP contribution in [0.25, 0.3) is 6.08 Å². The van der Waals surface area contributed by atoms with E-state index in [1.54, 1.807) is 19.2 Å². The molecule has 6 heteroatoms. The van der Waals surface area contributed by atoms with E-state index in [1.807, 2.05) is 0 Å². The van der Waals surface area contributed by atoms with Crippen molar-refractivity contribution in [2.75, 3.05) is 19.3 Å². The second-order valence-electron chi connectivity index (χ2n) is 3.49. The molecular weight excluding hydrogens is 231 g/mol. The van der Waals surface area contributed by atoms with Gasteiger partial charge in [0.2, 0.25) is 0 Å². The maximum Gasteiger partial charge on any atom is 0.417 e. The van der Waals surface area contributed by atoms with Gasteiger partial charge in [-0.15, -0.1) is 0 Å². The molecule has 1 aromatic rings. The van der Waals surface area contributed by atoms with Gasteiger partial charge in [0.15, 0.2) is 0 Å². The van der Waals surface area contributed by atoms with Crippen molar-refractivity contribution >= 4 is 11.9 Å². The summed E-state index contributed by atoms with van der Waals surface area (Å²) in [7, 11) is 1.80. The second-order valence-corrected chi connectivity index (χ2v) is 3.49. The summed E-state index contributed by atoms with van der Waals surface area (Å²) >= 11 is 0. The molecule has 0 atom stereocenters. The van der Waals surface area contributed by atoms with Crippen LogP contribution in [0.15, 0.2) is 18.3 Å². The molecule has 0 spiro atoms. The molecule has 0 saturated carbocycles. The number of alkyl halides is 3. The quantitative estimate of drug-likeness (QED) is 0.800. The Labute approximate surface area is 97.5 Å². The number of nitrogens with zero attached hydrogens (tertiary/aromatic N) is 1. The minimum absolute atomic E-state index is 0.0960. The van der Waals surface area contributed by atoms with Crippen molar-refractivity contribution in [1.29, 1.82) is 0 Å². The summed E-state index contributed by atoms with van der Waals surface area (Å²) in [6.45, 7) is 0.753. The van der Waals surface area contributed by atoms with Crippen molar-refractivity contribution in [3.05, 3.63) is 29.5 Å². The first kappa shape index (κ1) is 13.5. The van der Waals surface area contributed by atoms with Gasteiger partial charge in [-0.1, -0.05) is 12.2 Å². The summed E-state index contributed by atoms with van der Waals surface area (Å²) < 4.78 is 37.3. The molecular formula is C11H14F3N3. The normalized spacial score (nSPS) is 12.2. The van der Waals surface area contributed by atoms with E-state index in [0.717, 1.165) is 18.8 Å². The van der Waals surface area contributed by atoms with E-state index in [-0.39, 0.29) is 11.4 Å². The number of halogens is 3. The maximum absolute atomic E-state index is 12.4. The fraction of sp³-hybridized carbons (Fsp3) is 0.364. The van der Waals surface area contributed by atoms with E-state index in [0.29, 0.717) is 6.42 Å². The van der Waals surface area contributed by atoms with E-state index < -0.39 is 11.7 Å². The zero-order valence-electron chi connectivity index (χ0n) is 9.38. The monoisotopic (exact) mass is 245 g/mol. The van der Waals surface area contributed by atoms with Crippen molar-refractivity contribution < 1.29 is 13.2 Å². The lowest BCUT2D eigenvalue weighted by atomic mass is 10.1. The third-order valence-corrected chi connectivity index (χ3v) is 2.14. The Morgan fingerprint density at radius 3 is 2.76 bits per heavy atom. The smallest absolute Gasteiger partial charge is 0.383 e. The molecule has 3 N–H and O–H groups in total. The van der Waals surface area contributed by atoms with Gasteiger partial charge in [0, 0.05) is 11.8 Å². The summed E-state index contributed by atoms with van der Waals surface area (Å²) in [6.07, 6.45) is 0.361. The van der Waals surface area contributed by atoms with Crippen LogP contribution in [-0.4, -0.2) is 18.6 Å². The van der Waals surface area contributed by atoms with Crippen LogP contribution in [-0.2, 0) is 6.18 Å². The molecule has 0 saturated heterocycles. The van der Waals surface area contributed by atoms with E-state index in [1.165, 1.54) is 0 Å². The highest BCUT2D eigenvalue weighted by Crippen LogP contribution is 2.30. The van der Waals surface area contributed by atoms with E-state index in [2.05, 4.69) is 10.3 Å². The Bertz CT molecular complexity index is 399. The number of hydrogen-bond donors (Lipinski definition) is 2. The molecule has 1 rings (SSSR count). The molecule has 1 aromatic heterocycles. The Kier molecular flexibility index (Phi) is 4.51. The fourth-order valence-electron chi connectivity index (χ4n) is 1.22. The fourth-order valence-corrected chi connectivity index (χ4v) is 1.22. The van der Waals surface area contributed by atoms with Crippen LogP contribution in [0.4, 0.5) is 19.0 Å². The van der Waals surface area contributed by atoms with Crippen molar-refractivity contribution in [3.63, 3.8) is 0 Å². The van der Waals surface area contributed by atoms with Crippen molar-refractivity contribution in [2.45, 2.75) is 12.6 Å². The molecule has 0 aliphatic heterocycles. The molecule has 0 radical (unpaired) electrons.